The fourth-order valence-electron chi connectivity index (χ4n) is 1.76. The van der Waals surface area contributed by atoms with Gasteiger partial charge < -0.3 is 9.47 Å². The maximum atomic E-state index is 12.0. The first-order valence-corrected chi connectivity index (χ1v) is 6.02. The number of hydrogen-bond acceptors (Lipinski definition) is 4. The maximum absolute atomic E-state index is 12.0. The molecule has 0 heterocycles. The Morgan fingerprint density at radius 2 is 1.29 bits per heavy atom. The molecule has 0 aliphatic rings. The van der Waals surface area contributed by atoms with E-state index < -0.39 is 17.4 Å². The van der Waals surface area contributed by atoms with Gasteiger partial charge in [-0.05, 0) is 26.7 Å². The third-order valence-corrected chi connectivity index (χ3v) is 2.54. The number of ether oxygens (including phenoxy) is 2. The van der Waals surface area contributed by atoms with Gasteiger partial charge in [0.25, 0.3) is 0 Å². The summed E-state index contributed by atoms with van der Waals surface area (Å²) in [6.45, 7) is 11.3. The predicted octanol–water partition coefficient (Wildman–Crippen LogP) is 2.33. The van der Waals surface area contributed by atoms with E-state index in [0.717, 1.165) is 0 Å². The van der Waals surface area contributed by atoms with Crippen molar-refractivity contribution in [3.63, 3.8) is 0 Å². The molecule has 98 valence electrons. The molecule has 0 spiro atoms. The molecule has 0 aliphatic heterocycles. The van der Waals surface area contributed by atoms with Crippen molar-refractivity contribution in [2.24, 2.45) is 5.41 Å². The van der Waals surface area contributed by atoms with Gasteiger partial charge in [-0.2, -0.15) is 0 Å². The Kier molecular flexibility index (Phi) is 7.59. The zero-order valence-corrected chi connectivity index (χ0v) is 10.8. The molecule has 0 N–H and O–H groups in total. The molecule has 0 saturated carbocycles. The van der Waals surface area contributed by atoms with Gasteiger partial charge in [0, 0.05) is 0 Å². The lowest BCUT2D eigenvalue weighted by atomic mass is 9.79. The molecule has 4 heteroatoms. The Morgan fingerprint density at radius 1 is 0.941 bits per heavy atom. The molecule has 17 heavy (non-hydrogen) atoms. The summed E-state index contributed by atoms with van der Waals surface area (Å²) in [7, 11) is 0. The van der Waals surface area contributed by atoms with Crippen LogP contribution in [0.4, 0.5) is 0 Å². The van der Waals surface area contributed by atoms with Crippen LogP contribution in [0.25, 0.3) is 0 Å². The highest BCUT2D eigenvalue weighted by molar-refractivity contribution is 6.00. The van der Waals surface area contributed by atoms with Gasteiger partial charge in [0.15, 0.2) is 5.41 Å². The average molecular weight is 242 g/mol. The van der Waals surface area contributed by atoms with Crippen molar-refractivity contribution >= 4 is 11.9 Å². The van der Waals surface area contributed by atoms with Crippen molar-refractivity contribution in [1.82, 2.24) is 0 Å². The number of hydrogen-bond donors (Lipinski definition) is 0. The van der Waals surface area contributed by atoms with Gasteiger partial charge in [0.1, 0.15) is 0 Å². The van der Waals surface area contributed by atoms with Gasteiger partial charge >= 0.3 is 11.9 Å². The fraction of sp³-hybridized carbons (Fsp3) is 0.692. The Labute approximate surface area is 104 Å². The highest BCUT2D eigenvalue weighted by atomic mass is 16.6. The van der Waals surface area contributed by atoms with E-state index in [1.54, 1.807) is 13.8 Å². The minimum absolute atomic E-state index is 0.244. The Bertz CT molecular complexity index is 222. The first-order chi connectivity index (χ1) is 8.08. The van der Waals surface area contributed by atoms with Crippen LogP contribution in [-0.4, -0.2) is 25.2 Å². The van der Waals surface area contributed by atoms with Gasteiger partial charge in [0.05, 0.1) is 13.2 Å². The van der Waals surface area contributed by atoms with Gasteiger partial charge in [-0.1, -0.05) is 26.7 Å². The summed E-state index contributed by atoms with van der Waals surface area (Å²) in [5.41, 5.74) is -1.23. The molecular weight excluding hydrogens is 220 g/mol. The van der Waals surface area contributed by atoms with E-state index in [1.807, 2.05) is 0 Å². The van der Waals surface area contributed by atoms with E-state index in [1.165, 1.54) is 0 Å². The van der Waals surface area contributed by atoms with Gasteiger partial charge in [-0.15, -0.1) is 0 Å². The summed E-state index contributed by atoms with van der Waals surface area (Å²) in [6.07, 6.45) is 1.61. The van der Waals surface area contributed by atoms with Crippen molar-refractivity contribution in [1.29, 1.82) is 0 Å². The number of carbonyl (C=O) groups is 2. The van der Waals surface area contributed by atoms with E-state index in [-0.39, 0.29) is 13.2 Å². The highest BCUT2D eigenvalue weighted by Crippen LogP contribution is 2.33. The first-order valence-electron chi connectivity index (χ1n) is 6.02. The van der Waals surface area contributed by atoms with E-state index in [4.69, 9.17) is 9.47 Å². The molecule has 0 fully saturated rings. The minimum atomic E-state index is -1.23. The predicted molar refractivity (Wildman–Crippen MR) is 64.9 cm³/mol. The second kappa shape index (κ2) is 8.09. The van der Waals surface area contributed by atoms with Crippen molar-refractivity contribution in [2.45, 2.75) is 39.5 Å². The standard InChI is InChI=1S/C13H22O4/c1-5-9-13(10-6-2,11(14)16-7-3)12(15)17-8-4/h1-2,5-10H2,3-4H3. The molecule has 0 unspecified atom stereocenters. The quantitative estimate of drug-likeness (QED) is 0.484. The van der Waals surface area contributed by atoms with Crippen molar-refractivity contribution < 1.29 is 19.1 Å². The van der Waals surface area contributed by atoms with Crippen LogP contribution in [0.15, 0.2) is 0 Å². The normalized spacial score (nSPS) is 11.1. The van der Waals surface area contributed by atoms with Crippen LogP contribution >= 0.6 is 0 Å². The van der Waals surface area contributed by atoms with Crippen molar-refractivity contribution in [3.8, 4) is 0 Å². The molecular formula is C13H22O4. The molecule has 0 aliphatic carbocycles. The summed E-state index contributed by atoms with van der Waals surface area (Å²) in [4.78, 5) is 24.0. The van der Waals surface area contributed by atoms with Crippen LogP contribution in [0.5, 0.6) is 0 Å². The molecule has 0 bridgehead atoms. The van der Waals surface area contributed by atoms with Crippen LogP contribution in [0.1, 0.15) is 39.5 Å². The summed E-state index contributed by atoms with van der Waals surface area (Å²) < 4.78 is 9.97. The molecule has 0 amide bonds. The molecule has 0 aromatic rings. The average Bonchev–Trinajstić information content (AvgIpc) is 2.29. The summed E-state index contributed by atoms with van der Waals surface area (Å²) in [5.74, 6) is -1.04. The lowest BCUT2D eigenvalue weighted by Crippen LogP contribution is -2.42. The zero-order valence-electron chi connectivity index (χ0n) is 10.8. The van der Waals surface area contributed by atoms with Crippen molar-refractivity contribution in [3.05, 3.63) is 13.8 Å². The summed E-state index contributed by atoms with van der Waals surface area (Å²) in [5, 5.41) is 0. The van der Waals surface area contributed by atoms with E-state index in [2.05, 4.69) is 13.8 Å². The highest BCUT2D eigenvalue weighted by Gasteiger charge is 2.47. The summed E-state index contributed by atoms with van der Waals surface area (Å²) in [6, 6.07) is 0. The Morgan fingerprint density at radius 3 is 1.53 bits per heavy atom. The minimum Gasteiger partial charge on any atom is -0.465 e. The van der Waals surface area contributed by atoms with E-state index in [9.17, 15) is 9.59 Å². The Balaban J connectivity index is 5.09. The number of rotatable bonds is 8. The third-order valence-electron chi connectivity index (χ3n) is 2.54. The molecule has 4 nitrogen and oxygen atoms in total. The van der Waals surface area contributed by atoms with Gasteiger partial charge in [-0.25, -0.2) is 0 Å². The van der Waals surface area contributed by atoms with E-state index in [0.29, 0.717) is 25.7 Å². The van der Waals surface area contributed by atoms with E-state index >= 15 is 0 Å². The first kappa shape index (κ1) is 15.9. The summed E-state index contributed by atoms with van der Waals surface area (Å²) >= 11 is 0. The number of carbonyl (C=O) groups excluding carboxylic acids is 2. The fourth-order valence-corrected chi connectivity index (χ4v) is 1.76. The SMILES string of the molecule is [CH2]CCC(CC[CH2])(C(=O)OCC)C(=O)OCC. The van der Waals surface area contributed by atoms with Gasteiger partial charge in [-0.3, -0.25) is 9.59 Å². The molecule has 0 aromatic carbocycles. The third kappa shape index (κ3) is 4.02. The second-order valence-corrected chi connectivity index (χ2v) is 3.73. The van der Waals surface area contributed by atoms with Crippen LogP contribution in [0.2, 0.25) is 0 Å². The lowest BCUT2D eigenvalue weighted by molar-refractivity contribution is -0.173. The monoisotopic (exact) mass is 242 g/mol. The largest absolute Gasteiger partial charge is 0.465 e. The molecule has 0 aromatic heterocycles. The topological polar surface area (TPSA) is 52.6 Å². The molecule has 0 saturated heterocycles. The Hall–Kier alpha value is -1.06. The molecule has 0 rings (SSSR count). The van der Waals surface area contributed by atoms with Crippen molar-refractivity contribution in [2.75, 3.05) is 13.2 Å². The van der Waals surface area contributed by atoms with Crippen LogP contribution < -0.4 is 0 Å². The van der Waals surface area contributed by atoms with Crippen LogP contribution in [0, 0.1) is 19.3 Å². The van der Waals surface area contributed by atoms with Crippen LogP contribution in [0.3, 0.4) is 0 Å². The second-order valence-electron chi connectivity index (χ2n) is 3.73. The zero-order chi connectivity index (χ0) is 13.3. The maximum Gasteiger partial charge on any atom is 0.323 e. The smallest absolute Gasteiger partial charge is 0.323 e. The number of esters is 2. The lowest BCUT2D eigenvalue weighted by Gasteiger charge is -2.28. The van der Waals surface area contributed by atoms with Gasteiger partial charge in [0.2, 0.25) is 0 Å². The van der Waals surface area contributed by atoms with Crippen LogP contribution in [-0.2, 0) is 19.1 Å². The molecule has 2 radical (unpaired) electrons. The molecule has 0 atom stereocenters.